The van der Waals surface area contributed by atoms with Crippen molar-refractivity contribution >= 4 is 28.8 Å². The summed E-state index contributed by atoms with van der Waals surface area (Å²) in [6, 6.07) is 12.9. The lowest BCUT2D eigenvalue weighted by Gasteiger charge is -2.27. The van der Waals surface area contributed by atoms with Gasteiger partial charge >= 0.3 is 0 Å². The fraction of sp³-hybridized carbons (Fsp3) is 0.0625. The molecule has 0 aliphatic carbocycles. The van der Waals surface area contributed by atoms with Gasteiger partial charge in [-0.15, -0.1) is 0 Å². The summed E-state index contributed by atoms with van der Waals surface area (Å²) in [6.45, 7) is 1.75. The fourth-order valence-corrected chi connectivity index (χ4v) is 2.60. The quantitative estimate of drug-likeness (QED) is 0.841. The maximum absolute atomic E-state index is 14.2. The Balaban J connectivity index is 2.33. The molecule has 0 aromatic heterocycles. The topological polar surface area (TPSA) is 27.6 Å². The minimum absolute atomic E-state index is 0.191. The first-order valence-electron chi connectivity index (χ1n) is 6.60. The highest BCUT2D eigenvalue weighted by Gasteiger charge is 2.27. The number of halogens is 3. The Morgan fingerprint density at radius 2 is 1.64 bits per heavy atom. The van der Waals surface area contributed by atoms with Crippen LogP contribution in [0.15, 0.2) is 53.6 Å². The van der Waals surface area contributed by atoms with E-state index in [0.29, 0.717) is 11.3 Å². The molecule has 3 rings (SSSR count). The molecular formula is C16H12ClF2N3. The number of nitrogens with zero attached hydrogens (tertiary/aromatic N) is 2. The third-order valence-corrected chi connectivity index (χ3v) is 3.61. The molecule has 6 heteroatoms. The van der Waals surface area contributed by atoms with Gasteiger partial charge in [-0.05, 0) is 24.6 Å². The Labute approximate surface area is 131 Å². The van der Waals surface area contributed by atoms with Gasteiger partial charge in [0.15, 0.2) is 0 Å². The molecule has 0 spiro atoms. The van der Waals surface area contributed by atoms with Crippen LogP contribution in [-0.4, -0.2) is 10.2 Å². The van der Waals surface area contributed by atoms with Crippen molar-refractivity contribution in [2.75, 3.05) is 0 Å². The van der Waals surface area contributed by atoms with Gasteiger partial charge in [-0.1, -0.05) is 36.4 Å². The molecule has 0 radical (unpaired) electrons. The standard InChI is InChI=1S/C16H12ClF2N3/c1-10-14(11-6-3-2-4-7-11)16(22(17)21-20-10)15-12(18)8-5-9-13(15)19/h2-9,21H,1H3. The van der Waals surface area contributed by atoms with Crippen LogP contribution in [0, 0.1) is 11.6 Å². The average Bonchev–Trinajstić information content (AvgIpc) is 2.51. The van der Waals surface area contributed by atoms with Crippen LogP contribution >= 0.6 is 11.8 Å². The van der Waals surface area contributed by atoms with Crippen LogP contribution < -0.4 is 5.53 Å². The molecule has 0 unspecified atom stereocenters. The highest BCUT2D eigenvalue weighted by Crippen LogP contribution is 2.35. The molecule has 1 aliphatic rings. The predicted octanol–water partition coefficient (Wildman–Crippen LogP) is 4.18. The lowest BCUT2D eigenvalue weighted by Crippen LogP contribution is -2.31. The number of hydrazone groups is 1. The molecule has 1 N–H and O–H groups in total. The van der Waals surface area contributed by atoms with Crippen LogP contribution in [0.4, 0.5) is 8.78 Å². The van der Waals surface area contributed by atoms with Crippen molar-refractivity contribution in [2.45, 2.75) is 6.92 Å². The van der Waals surface area contributed by atoms with Crippen molar-refractivity contribution in [3.8, 4) is 0 Å². The summed E-state index contributed by atoms with van der Waals surface area (Å²) < 4.78 is 29.4. The number of allylic oxidation sites excluding steroid dienone is 1. The largest absolute Gasteiger partial charge is 0.206 e. The first-order valence-corrected chi connectivity index (χ1v) is 6.93. The Kier molecular flexibility index (Phi) is 3.81. The predicted molar refractivity (Wildman–Crippen MR) is 83.6 cm³/mol. The number of rotatable bonds is 2. The molecular weight excluding hydrogens is 308 g/mol. The van der Waals surface area contributed by atoms with E-state index in [1.165, 1.54) is 18.2 Å². The molecule has 2 aromatic carbocycles. The second-order valence-corrected chi connectivity index (χ2v) is 5.10. The summed E-state index contributed by atoms with van der Waals surface area (Å²) in [4.78, 5) is 0. The zero-order valence-corrected chi connectivity index (χ0v) is 12.4. The van der Waals surface area contributed by atoms with E-state index >= 15 is 0 Å². The highest BCUT2D eigenvalue weighted by atomic mass is 35.5. The first kappa shape index (κ1) is 14.5. The molecule has 3 nitrogen and oxygen atoms in total. The molecule has 1 aliphatic heterocycles. The molecule has 0 saturated heterocycles. The zero-order chi connectivity index (χ0) is 15.7. The number of nitrogens with one attached hydrogen (secondary N) is 1. The average molecular weight is 320 g/mol. The van der Waals surface area contributed by atoms with Crippen molar-refractivity contribution in [3.63, 3.8) is 0 Å². The Morgan fingerprint density at radius 1 is 1.00 bits per heavy atom. The molecule has 1 heterocycles. The molecule has 0 fully saturated rings. The lowest BCUT2D eigenvalue weighted by atomic mass is 9.95. The van der Waals surface area contributed by atoms with E-state index in [2.05, 4.69) is 10.6 Å². The molecule has 112 valence electrons. The molecule has 2 aromatic rings. The lowest BCUT2D eigenvalue weighted by molar-refractivity contribution is 0.462. The summed E-state index contributed by atoms with van der Waals surface area (Å²) >= 11 is 6.10. The smallest absolute Gasteiger partial charge is 0.135 e. The Bertz CT molecular complexity index is 752. The van der Waals surface area contributed by atoms with Crippen LogP contribution in [0.25, 0.3) is 11.3 Å². The van der Waals surface area contributed by atoms with Crippen molar-refractivity contribution in [2.24, 2.45) is 5.10 Å². The van der Waals surface area contributed by atoms with E-state index in [1.54, 1.807) is 6.92 Å². The molecule has 0 saturated carbocycles. The minimum atomic E-state index is -0.689. The van der Waals surface area contributed by atoms with E-state index in [9.17, 15) is 8.78 Å². The van der Waals surface area contributed by atoms with Gasteiger partial charge in [0, 0.05) is 17.3 Å². The third kappa shape index (κ3) is 2.44. The monoisotopic (exact) mass is 319 g/mol. The number of hydrazine groups is 1. The SMILES string of the molecule is CC1=NNN(Cl)C(c2c(F)cccc2F)=C1c1ccccc1. The van der Waals surface area contributed by atoms with Gasteiger partial charge < -0.3 is 0 Å². The van der Waals surface area contributed by atoms with Gasteiger partial charge in [0.1, 0.15) is 17.3 Å². The van der Waals surface area contributed by atoms with Crippen LogP contribution in [0.1, 0.15) is 18.1 Å². The van der Waals surface area contributed by atoms with E-state index in [4.69, 9.17) is 11.8 Å². The van der Waals surface area contributed by atoms with Gasteiger partial charge in [-0.2, -0.15) is 9.63 Å². The molecule has 0 amide bonds. The summed E-state index contributed by atoms with van der Waals surface area (Å²) in [5.74, 6) is -1.38. The summed E-state index contributed by atoms with van der Waals surface area (Å²) in [5.41, 5.74) is 4.45. The van der Waals surface area contributed by atoms with Gasteiger partial charge in [-0.3, -0.25) is 0 Å². The van der Waals surface area contributed by atoms with E-state index in [-0.39, 0.29) is 11.3 Å². The van der Waals surface area contributed by atoms with Crippen LogP contribution in [0.2, 0.25) is 0 Å². The Hall–Kier alpha value is -2.40. The second kappa shape index (κ2) is 5.77. The second-order valence-electron chi connectivity index (χ2n) is 4.76. The van der Waals surface area contributed by atoms with Crippen LogP contribution in [0.5, 0.6) is 0 Å². The van der Waals surface area contributed by atoms with Gasteiger partial charge in [0.05, 0.1) is 11.3 Å². The fourth-order valence-electron chi connectivity index (χ4n) is 2.39. The maximum Gasteiger partial charge on any atom is 0.135 e. The van der Waals surface area contributed by atoms with Crippen molar-refractivity contribution in [1.82, 2.24) is 10.1 Å². The van der Waals surface area contributed by atoms with Crippen molar-refractivity contribution < 1.29 is 8.78 Å². The minimum Gasteiger partial charge on any atom is -0.206 e. The molecule has 0 bridgehead atoms. The number of hydrogen-bond donors (Lipinski definition) is 1. The van der Waals surface area contributed by atoms with Gasteiger partial charge in [-0.25, -0.2) is 14.3 Å². The summed E-state index contributed by atoms with van der Waals surface area (Å²) in [7, 11) is 0. The van der Waals surface area contributed by atoms with Crippen LogP contribution in [0.3, 0.4) is 0 Å². The van der Waals surface area contributed by atoms with Crippen molar-refractivity contribution in [1.29, 1.82) is 0 Å². The van der Waals surface area contributed by atoms with E-state index < -0.39 is 11.6 Å². The van der Waals surface area contributed by atoms with Crippen molar-refractivity contribution in [3.05, 3.63) is 71.3 Å². The van der Waals surface area contributed by atoms with E-state index in [1.807, 2.05) is 30.3 Å². The maximum atomic E-state index is 14.2. The van der Waals surface area contributed by atoms with E-state index in [0.717, 1.165) is 10.1 Å². The first-order chi connectivity index (χ1) is 10.6. The number of benzene rings is 2. The third-order valence-electron chi connectivity index (χ3n) is 3.36. The van der Waals surface area contributed by atoms with Gasteiger partial charge in [0.2, 0.25) is 0 Å². The van der Waals surface area contributed by atoms with Crippen LogP contribution in [-0.2, 0) is 0 Å². The summed E-state index contributed by atoms with van der Waals surface area (Å²) in [5, 5.41) is 4.06. The van der Waals surface area contributed by atoms with Gasteiger partial charge in [0.25, 0.3) is 0 Å². The Morgan fingerprint density at radius 3 is 2.27 bits per heavy atom. The molecule has 22 heavy (non-hydrogen) atoms. The molecule has 0 atom stereocenters. The highest BCUT2D eigenvalue weighted by molar-refractivity contribution is 6.33. The normalized spacial score (nSPS) is 14.7. The summed E-state index contributed by atoms with van der Waals surface area (Å²) in [6.07, 6.45) is 0. The number of hydrogen-bond acceptors (Lipinski definition) is 3. The zero-order valence-electron chi connectivity index (χ0n) is 11.6.